The summed E-state index contributed by atoms with van der Waals surface area (Å²) < 4.78 is 26.0. The van der Waals surface area contributed by atoms with Gasteiger partial charge in [0.1, 0.15) is 5.78 Å². The minimum absolute atomic E-state index is 0.204. The number of halogens is 3. The van der Waals surface area contributed by atoms with E-state index in [9.17, 15) is 13.6 Å². The fourth-order valence-corrected chi connectivity index (χ4v) is 2.77. The third-order valence-corrected chi connectivity index (χ3v) is 4.06. The molecular formula is C9H11F2IO. The van der Waals surface area contributed by atoms with Crippen LogP contribution in [0.5, 0.6) is 0 Å². The van der Waals surface area contributed by atoms with Gasteiger partial charge in [0.15, 0.2) is 0 Å². The van der Waals surface area contributed by atoms with Crippen LogP contribution in [0.4, 0.5) is 8.78 Å². The highest BCUT2D eigenvalue weighted by Gasteiger charge is 2.71. The molecule has 4 heteroatoms. The van der Waals surface area contributed by atoms with Gasteiger partial charge in [0.05, 0.1) is 4.43 Å². The maximum atomic E-state index is 12.7. The minimum Gasteiger partial charge on any atom is -0.299 e. The zero-order valence-corrected chi connectivity index (χ0v) is 9.26. The van der Waals surface area contributed by atoms with Gasteiger partial charge in [-0.15, -0.1) is 0 Å². The summed E-state index contributed by atoms with van der Waals surface area (Å²) in [6, 6.07) is 0. The van der Waals surface area contributed by atoms with Gasteiger partial charge in [0, 0.05) is 18.3 Å². The number of carbonyl (C=O) groups excluding carboxylic acids is 1. The SMILES string of the molecule is O=C(CI)C[C@@H]1C[C@@H]2[C@H](C1)C2(F)F. The molecule has 0 aliphatic heterocycles. The van der Waals surface area contributed by atoms with Crippen molar-refractivity contribution in [2.75, 3.05) is 4.43 Å². The van der Waals surface area contributed by atoms with Gasteiger partial charge in [0.2, 0.25) is 0 Å². The Kier molecular flexibility index (Phi) is 2.37. The van der Waals surface area contributed by atoms with Gasteiger partial charge in [0.25, 0.3) is 5.92 Å². The van der Waals surface area contributed by atoms with Gasteiger partial charge in [-0.2, -0.15) is 0 Å². The molecule has 0 aromatic rings. The lowest BCUT2D eigenvalue weighted by molar-refractivity contribution is -0.117. The largest absolute Gasteiger partial charge is 0.299 e. The quantitative estimate of drug-likeness (QED) is 0.578. The third kappa shape index (κ3) is 1.62. The summed E-state index contributed by atoms with van der Waals surface area (Å²) in [6.07, 6.45) is 1.66. The Morgan fingerprint density at radius 2 is 1.92 bits per heavy atom. The van der Waals surface area contributed by atoms with Crippen LogP contribution in [-0.4, -0.2) is 16.1 Å². The normalized spacial score (nSPS) is 40.1. The first kappa shape index (κ1) is 9.80. The van der Waals surface area contributed by atoms with Crippen molar-refractivity contribution in [2.24, 2.45) is 17.8 Å². The summed E-state index contributed by atoms with van der Waals surface area (Å²) in [4.78, 5) is 11.1. The van der Waals surface area contributed by atoms with Gasteiger partial charge in [-0.05, 0) is 18.8 Å². The number of hydrogen-bond donors (Lipinski definition) is 0. The number of hydrogen-bond acceptors (Lipinski definition) is 1. The molecule has 2 aliphatic rings. The highest BCUT2D eigenvalue weighted by atomic mass is 127. The molecular weight excluding hydrogens is 289 g/mol. The molecule has 2 aliphatic carbocycles. The van der Waals surface area contributed by atoms with Gasteiger partial charge in [-0.1, -0.05) is 22.6 Å². The van der Waals surface area contributed by atoms with E-state index in [4.69, 9.17) is 0 Å². The zero-order valence-electron chi connectivity index (χ0n) is 7.10. The van der Waals surface area contributed by atoms with Crippen molar-refractivity contribution in [1.29, 1.82) is 0 Å². The molecule has 0 aromatic carbocycles. The second-order valence-corrected chi connectivity index (χ2v) is 4.86. The lowest BCUT2D eigenvalue weighted by Gasteiger charge is -2.11. The maximum Gasteiger partial charge on any atom is 0.254 e. The van der Waals surface area contributed by atoms with Crippen molar-refractivity contribution in [1.82, 2.24) is 0 Å². The van der Waals surface area contributed by atoms with E-state index in [0.717, 1.165) is 0 Å². The summed E-state index contributed by atoms with van der Waals surface area (Å²) in [5.41, 5.74) is 0. The number of fused-ring (bicyclic) bond motifs is 1. The van der Waals surface area contributed by atoms with E-state index in [1.54, 1.807) is 0 Å². The average Bonchev–Trinajstić information content (AvgIpc) is 2.54. The fourth-order valence-electron chi connectivity index (χ4n) is 2.46. The molecule has 2 rings (SSSR count). The van der Waals surface area contributed by atoms with E-state index in [1.807, 2.05) is 22.6 Å². The van der Waals surface area contributed by atoms with Crippen LogP contribution in [0.2, 0.25) is 0 Å². The Morgan fingerprint density at radius 3 is 2.38 bits per heavy atom. The van der Waals surface area contributed by atoms with E-state index in [0.29, 0.717) is 23.7 Å². The van der Waals surface area contributed by atoms with Crippen molar-refractivity contribution in [3.63, 3.8) is 0 Å². The number of carbonyl (C=O) groups is 1. The molecule has 1 nitrogen and oxygen atoms in total. The molecule has 0 unspecified atom stereocenters. The van der Waals surface area contributed by atoms with Crippen LogP contribution in [0, 0.1) is 17.8 Å². The Hall–Kier alpha value is 0.260. The van der Waals surface area contributed by atoms with Crippen molar-refractivity contribution in [3.05, 3.63) is 0 Å². The third-order valence-electron chi connectivity index (χ3n) is 3.21. The topological polar surface area (TPSA) is 17.1 Å². The standard InChI is InChI=1S/C9H11F2IO/c10-9(11)7-2-5(3-8(7)9)1-6(13)4-12/h5,7-8H,1-4H2/t5-,7-,8+. The lowest BCUT2D eigenvalue weighted by Crippen LogP contribution is -2.12. The summed E-state index contributed by atoms with van der Waals surface area (Å²) in [5, 5.41) is 0. The van der Waals surface area contributed by atoms with Crippen LogP contribution in [0.3, 0.4) is 0 Å². The van der Waals surface area contributed by atoms with Crippen LogP contribution in [0.1, 0.15) is 19.3 Å². The fraction of sp³-hybridized carbons (Fsp3) is 0.889. The number of ketones is 1. The first-order valence-corrected chi connectivity index (χ1v) is 6.03. The van der Waals surface area contributed by atoms with Crippen molar-refractivity contribution in [2.45, 2.75) is 25.2 Å². The summed E-state index contributed by atoms with van der Waals surface area (Å²) >= 11 is 2.03. The van der Waals surface area contributed by atoms with Crippen molar-refractivity contribution in [3.8, 4) is 0 Å². The first-order chi connectivity index (χ1) is 6.05. The summed E-state index contributed by atoms with van der Waals surface area (Å²) in [7, 11) is 0. The Balaban J connectivity index is 1.81. The Labute approximate surface area is 89.4 Å². The molecule has 0 aromatic heterocycles. The van der Waals surface area contributed by atoms with Crippen molar-refractivity contribution < 1.29 is 13.6 Å². The predicted molar refractivity (Wildman–Crippen MR) is 53.2 cm³/mol. The number of alkyl halides is 3. The van der Waals surface area contributed by atoms with E-state index in [1.165, 1.54) is 0 Å². The van der Waals surface area contributed by atoms with Gasteiger partial charge in [-0.3, -0.25) is 4.79 Å². The van der Waals surface area contributed by atoms with E-state index >= 15 is 0 Å². The van der Waals surface area contributed by atoms with E-state index in [2.05, 4.69) is 0 Å². The molecule has 0 heterocycles. The molecule has 2 fully saturated rings. The molecule has 0 spiro atoms. The van der Waals surface area contributed by atoms with Crippen LogP contribution < -0.4 is 0 Å². The Morgan fingerprint density at radius 1 is 1.38 bits per heavy atom. The molecule has 0 saturated heterocycles. The monoisotopic (exact) mass is 300 g/mol. The molecule has 3 atom stereocenters. The van der Waals surface area contributed by atoms with E-state index < -0.39 is 5.92 Å². The molecule has 0 N–H and O–H groups in total. The highest BCUT2D eigenvalue weighted by Crippen LogP contribution is 2.66. The predicted octanol–water partition coefficient (Wildman–Crippen LogP) is 2.67. The molecule has 13 heavy (non-hydrogen) atoms. The molecule has 0 bridgehead atoms. The lowest BCUT2D eigenvalue weighted by atomic mass is 9.97. The number of rotatable bonds is 3. The summed E-state index contributed by atoms with van der Waals surface area (Å²) in [5.74, 6) is -2.71. The van der Waals surface area contributed by atoms with Crippen LogP contribution in [0.15, 0.2) is 0 Å². The zero-order chi connectivity index (χ0) is 9.64. The smallest absolute Gasteiger partial charge is 0.254 e. The molecule has 74 valence electrons. The van der Waals surface area contributed by atoms with Crippen molar-refractivity contribution >= 4 is 28.4 Å². The maximum absolute atomic E-state index is 12.7. The van der Waals surface area contributed by atoms with E-state index in [-0.39, 0.29) is 23.5 Å². The first-order valence-electron chi connectivity index (χ1n) is 4.51. The second-order valence-electron chi connectivity index (χ2n) is 4.10. The summed E-state index contributed by atoms with van der Waals surface area (Å²) in [6.45, 7) is 0. The van der Waals surface area contributed by atoms with Gasteiger partial charge >= 0.3 is 0 Å². The van der Waals surface area contributed by atoms with Gasteiger partial charge < -0.3 is 0 Å². The minimum atomic E-state index is -2.39. The highest BCUT2D eigenvalue weighted by molar-refractivity contribution is 14.1. The Bertz CT molecular complexity index is 228. The van der Waals surface area contributed by atoms with Gasteiger partial charge in [-0.25, -0.2) is 8.78 Å². The average molecular weight is 300 g/mol. The van der Waals surface area contributed by atoms with Crippen LogP contribution in [0.25, 0.3) is 0 Å². The molecule has 0 amide bonds. The van der Waals surface area contributed by atoms with Crippen LogP contribution >= 0.6 is 22.6 Å². The number of Topliss-reactive ketones (excluding diaryl/α,β-unsaturated/α-hetero) is 1. The van der Waals surface area contributed by atoms with Crippen LogP contribution in [-0.2, 0) is 4.79 Å². The molecule has 2 saturated carbocycles. The second kappa shape index (κ2) is 3.14. The molecule has 0 radical (unpaired) electrons.